The molecule has 300 valence electrons. The molecule has 2 aromatic carbocycles. The molecule has 4 saturated heterocycles. The number of ether oxygens (including phenoxy) is 4. The van der Waals surface area contributed by atoms with E-state index in [9.17, 15) is 19.2 Å². The van der Waals surface area contributed by atoms with E-state index in [0.29, 0.717) is 77.0 Å². The maximum atomic E-state index is 12.8. The molecule has 4 heterocycles. The predicted octanol–water partition coefficient (Wildman–Crippen LogP) is 7.04. The van der Waals surface area contributed by atoms with Crippen LogP contribution < -0.4 is 14.8 Å². The number of nitrogens with zero attached hydrogens (tertiary/aromatic N) is 3. The molecule has 0 radical (unpaired) electrons. The van der Waals surface area contributed by atoms with Crippen molar-refractivity contribution in [3.63, 3.8) is 0 Å². The number of halogens is 2. The van der Waals surface area contributed by atoms with E-state index >= 15 is 0 Å². The van der Waals surface area contributed by atoms with Gasteiger partial charge in [-0.05, 0) is 89.8 Å². The summed E-state index contributed by atoms with van der Waals surface area (Å²) < 4.78 is 20.8. The summed E-state index contributed by atoms with van der Waals surface area (Å²) >= 11 is 11.7. The molecule has 0 aromatic heterocycles. The average molecular weight is 796 g/mol. The number of nitrogens with one attached hydrogen (secondary N) is 1. The Labute approximate surface area is 329 Å². The summed E-state index contributed by atoms with van der Waals surface area (Å²) in [6.07, 6.45) is -0.427. The van der Waals surface area contributed by atoms with Gasteiger partial charge in [-0.25, -0.2) is 14.4 Å². The molecular formula is C39H56Cl2N4O9. The van der Waals surface area contributed by atoms with Gasteiger partial charge in [0.15, 0.2) is 0 Å². The third kappa shape index (κ3) is 12.0. The van der Waals surface area contributed by atoms with Gasteiger partial charge in [0.2, 0.25) is 0 Å². The van der Waals surface area contributed by atoms with E-state index in [2.05, 4.69) is 5.32 Å². The van der Waals surface area contributed by atoms with Crippen LogP contribution in [-0.4, -0.2) is 122 Å². The van der Waals surface area contributed by atoms with Gasteiger partial charge in [0.05, 0.1) is 29.8 Å². The molecule has 3 amide bonds. The van der Waals surface area contributed by atoms with Gasteiger partial charge in [0.1, 0.15) is 22.7 Å². The van der Waals surface area contributed by atoms with Crippen molar-refractivity contribution < 1.29 is 43.2 Å². The lowest BCUT2D eigenvalue weighted by Crippen LogP contribution is -2.38. The summed E-state index contributed by atoms with van der Waals surface area (Å²) in [5, 5.41) is 12.8. The van der Waals surface area contributed by atoms with Crippen LogP contribution in [0.25, 0.3) is 0 Å². The van der Waals surface area contributed by atoms with Gasteiger partial charge in [-0.3, -0.25) is 4.79 Å². The fourth-order valence-electron chi connectivity index (χ4n) is 6.73. The molecule has 4 aliphatic heterocycles. The van der Waals surface area contributed by atoms with E-state index < -0.39 is 11.6 Å². The lowest BCUT2D eigenvalue weighted by molar-refractivity contribution is 0.0267. The number of hydrogen-bond donors (Lipinski definition) is 2. The number of methoxy groups -OCH3 is 2. The number of hydrogen-bond acceptors (Lipinski definition) is 9. The molecule has 0 bridgehead atoms. The summed E-state index contributed by atoms with van der Waals surface area (Å²) in [4.78, 5) is 52.7. The molecule has 54 heavy (non-hydrogen) atoms. The van der Waals surface area contributed by atoms with Crippen molar-refractivity contribution >= 4 is 47.3 Å². The van der Waals surface area contributed by atoms with Crippen molar-refractivity contribution in [1.29, 1.82) is 0 Å². The van der Waals surface area contributed by atoms with Crippen LogP contribution in [0.5, 0.6) is 11.5 Å². The van der Waals surface area contributed by atoms with Crippen molar-refractivity contribution in [2.24, 2.45) is 23.7 Å². The Morgan fingerprint density at radius 3 is 1.41 bits per heavy atom. The second-order valence-corrected chi connectivity index (χ2v) is 16.5. The van der Waals surface area contributed by atoms with Gasteiger partial charge < -0.3 is 44.1 Å². The number of carbonyl (C=O) groups excluding carboxylic acids is 3. The Balaban J connectivity index is 0.000000237. The molecule has 4 atom stereocenters. The van der Waals surface area contributed by atoms with E-state index in [1.54, 1.807) is 23.1 Å². The average Bonchev–Trinajstić information content (AvgIpc) is 3.85. The van der Waals surface area contributed by atoms with Crippen LogP contribution in [0.1, 0.15) is 69.7 Å². The molecule has 6 rings (SSSR count). The summed E-state index contributed by atoms with van der Waals surface area (Å²) in [5.74, 6) is 1.70. The van der Waals surface area contributed by atoms with Crippen molar-refractivity contribution in [3.05, 3.63) is 57.6 Å². The minimum atomic E-state index is -0.995. The summed E-state index contributed by atoms with van der Waals surface area (Å²) in [6, 6.07) is 9.36. The second-order valence-electron chi connectivity index (χ2n) is 15.7. The highest BCUT2D eigenvalue weighted by atomic mass is 35.5. The van der Waals surface area contributed by atoms with Gasteiger partial charge in [0.25, 0.3) is 5.91 Å². The van der Waals surface area contributed by atoms with Gasteiger partial charge in [-0.1, -0.05) is 30.6 Å². The number of aromatic carboxylic acids is 1. The standard InChI is InChI=1S/C19H25ClN2O4.C11H20N2O2.C8H7ClO3.CH4/c1-19(2,3)26-18(24)22-10-13-8-21(9-14(13)11-22)17(23)12-5-6-15(20)16(7-12)25-4;1-11(2,3)15-10(14)13-6-8-4-12-5-9(8)7-13;1-12-7-4-5(8(10)11)2-3-6(7)9;/h5-7,13-14H,8-11H2,1-4H3;8-9,12H,4-7H2,1-3H3;2-4H,1H3,(H,10,11);1H4. The maximum absolute atomic E-state index is 12.8. The largest absolute Gasteiger partial charge is 0.495 e. The zero-order valence-corrected chi connectivity index (χ0v) is 33.3. The lowest BCUT2D eigenvalue weighted by Gasteiger charge is -2.26. The quantitative estimate of drug-likeness (QED) is 0.330. The lowest BCUT2D eigenvalue weighted by atomic mass is 10.0. The van der Waals surface area contributed by atoms with E-state index in [1.165, 1.54) is 32.4 Å². The van der Waals surface area contributed by atoms with Gasteiger partial charge in [0, 0.05) is 69.8 Å². The van der Waals surface area contributed by atoms with Crippen molar-refractivity contribution in [3.8, 4) is 11.5 Å². The zero-order valence-electron chi connectivity index (χ0n) is 31.7. The molecule has 0 saturated carbocycles. The van der Waals surface area contributed by atoms with Crippen LogP contribution in [0.2, 0.25) is 10.0 Å². The Morgan fingerprint density at radius 2 is 1.02 bits per heavy atom. The topological polar surface area (TPSA) is 147 Å². The van der Waals surface area contributed by atoms with E-state index in [0.717, 1.165) is 26.2 Å². The monoisotopic (exact) mass is 794 g/mol. The SMILES string of the molecule is C.CC(C)(C)OC(=O)N1CC2CNCC2C1.COc1cc(C(=O)N2CC3CN(C(=O)OC(C)(C)C)CC3C2)ccc1Cl.COc1cc(C(=O)O)ccc1Cl. The molecule has 15 heteroatoms. The Kier molecular flexibility index (Phi) is 15.3. The molecule has 2 N–H and O–H groups in total. The minimum Gasteiger partial charge on any atom is -0.495 e. The van der Waals surface area contributed by atoms with Gasteiger partial charge in [-0.15, -0.1) is 0 Å². The maximum Gasteiger partial charge on any atom is 0.410 e. The fourth-order valence-corrected chi connectivity index (χ4v) is 7.12. The Morgan fingerprint density at radius 1 is 0.648 bits per heavy atom. The van der Waals surface area contributed by atoms with Crippen LogP contribution in [0.3, 0.4) is 0 Å². The molecule has 0 aliphatic carbocycles. The van der Waals surface area contributed by atoms with Gasteiger partial charge in [-0.2, -0.15) is 0 Å². The summed E-state index contributed by atoms with van der Waals surface area (Å²) in [5.41, 5.74) is -0.149. The zero-order chi connectivity index (χ0) is 39.2. The van der Waals surface area contributed by atoms with Crippen LogP contribution in [-0.2, 0) is 9.47 Å². The highest BCUT2D eigenvalue weighted by Gasteiger charge is 2.44. The first kappa shape index (κ1) is 44.5. The third-order valence-electron chi connectivity index (χ3n) is 9.26. The second kappa shape index (κ2) is 18.6. The number of fused-ring (bicyclic) bond motifs is 2. The van der Waals surface area contributed by atoms with Crippen molar-refractivity contribution in [1.82, 2.24) is 20.0 Å². The minimum absolute atomic E-state index is 0. The molecule has 4 unspecified atom stereocenters. The highest BCUT2D eigenvalue weighted by Crippen LogP contribution is 2.34. The number of carboxylic acid groups (broad SMARTS) is 1. The number of rotatable bonds is 4. The predicted molar refractivity (Wildman–Crippen MR) is 208 cm³/mol. The molecule has 2 aromatic rings. The first-order valence-electron chi connectivity index (χ1n) is 17.6. The van der Waals surface area contributed by atoms with E-state index in [-0.39, 0.29) is 36.7 Å². The van der Waals surface area contributed by atoms with Crippen molar-refractivity contribution in [2.45, 2.75) is 60.2 Å². The molecule has 4 fully saturated rings. The van der Waals surface area contributed by atoms with E-state index in [4.69, 9.17) is 47.3 Å². The first-order chi connectivity index (χ1) is 24.8. The number of amides is 3. The van der Waals surface area contributed by atoms with Crippen LogP contribution >= 0.6 is 23.2 Å². The Bertz CT molecular complexity index is 1620. The Hall–Kier alpha value is -3.94. The smallest absolute Gasteiger partial charge is 0.410 e. The van der Waals surface area contributed by atoms with Crippen LogP contribution in [0, 0.1) is 23.7 Å². The fraction of sp³-hybridized carbons (Fsp3) is 0.590. The molecule has 4 aliphatic rings. The summed E-state index contributed by atoms with van der Waals surface area (Å²) in [7, 11) is 2.97. The number of carbonyl (C=O) groups is 4. The number of likely N-dealkylation sites (tertiary alicyclic amines) is 3. The highest BCUT2D eigenvalue weighted by molar-refractivity contribution is 6.32. The molecule has 0 spiro atoms. The van der Waals surface area contributed by atoms with Gasteiger partial charge >= 0.3 is 18.2 Å². The number of benzene rings is 2. The normalized spacial score (nSPS) is 21.3. The molecule has 13 nitrogen and oxygen atoms in total. The molecular weight excluding hydrogens is 739 g/mol. The van der Waals surface area contributed by atoms with E-state index in [1.807, 2.05) is 51.3 Å². The summed E-state index contributed by atoms with van der Waals surface area (Å²) in [6.45, 7) is 17.7. The van der Waals surface area contributed by atoms with Crippen LogP contribution in [0.4, 0.5) is 9.59 Å². The van der Waals surface area contributed by atoms with Crippen molar-refractivity contribution in [2.75, 3.05) is 66.6 Å². The third-order valence-corrected chi connectivity index (χ3v) is 9.89. The number of carboxylic acids is 1. The first-order valence-corrected chi connectivity index (χ1v) is 18.4. The van der Waals surface area contributed by atoms with Crippen LogP contribution in [0.15, 0.2) is 36.4 Å².